The standard InChI is InChI=1S/C10H12F2O4/c11-5-1-3-10(9(15)16,4-2-6-12)7-8(13)14/h1-2,5-6H,3-4,7H2,(H,13,14)(H,15,16). The summed E-state index contributed by atoms with van der Waals surface area (Å²) >= 11 is 0. The Morgan fingerprint density at radius 1 is 1.06 bits per heavy atom. The van der Waals surface area contributed by atoms with Gasteiger partial charge in [-0.05, 0) is 12.8 Å². The van der Waals surface area contributed by atoms with E-state index in [0.29, 0.717) is 0 Å². The van der Waals surface area contributed by atoms with Crippen LogP contribution in [0.4, 0.5) is 8.78 Å². The molecule has 2 N–H and O–H groups in total. The van der Waals surface area contributed by atoms with Gasteiger partial charge in [0.1, 0.15) is 0 Å². The summed E-state index contributed by atoms with van der Waals surface area (Å²) in [5.74, 6) is -2.73. The normalized spacial score (nSPS) is 15.4. The fourth-order valence-corrected chi connectivity index (χ4v) is 1.31. The van der Waals surface area contributed by atoms with Crippen LogP contribution in [0.25, 0.3) is 0 Å². The highest BCUT2D eigenvalue weighted by Gasteiger charge is 2.38. The predicted octanol–water partition coefficient (Wildman–Crippen LogP) is 2.28. The summed E-state index contributed by atoms with van der Waals surface area (Å²) in [5, 5.41) is 17.5. The van der Waals surface area contributed by atoms with Crippen molar-refractivity contribution in [1.29, 1.82) is 0 Å². The van der Waals surface area contributed by atoms with E-state index in [4.69, 9.17) is 10.2 Å². The monoisotopic (exact) mass is 234 g/mol. The first-order valence-corrected chi connectivity index (χ1v) is 4.44. The van der Waals surface area contributed by atoms with Gasteiger partial charge in [-0.3, -0.25) is 9.59 Å². The number of carboxylic acids is 2. The third kappa shape index (κ3) is 4.20. The van der Waals surface area contributed by atoms with E-state index in [1.807, 2.05) is 0 Å². The van der Waals surface area contributed by atoms with Crippen LogP contribution in [0, 0.1) is 5.41 Å². The van der Waals surface area contributed by atoms with Crippen LogP contribution in [0.5, 0.6) is 0 Å². The molecule has 0 amide bonds. The summed E-state index contributed by atoms with van der Waals surface area (Å²) in [7, 11) is 0. The number of aliphatic carboxylic acids is 2. The Bertz CT molecular complexity index is 296. The minimum absolute atomic E-state index is 0.138. The molecule has 4 nitrogen and oxygen atoms in total. The number of hydrogen-bond acceptors (Lipinski definition) is 2. The van der Waals surface area contributed by atoms with Gasteiger partial charge in [-0.1, -0.05) is 12.2 Å². The molecule has 0 saturated carbocycles. The number of rotatable bonds is 7. The van der Waals surface area contributed by atoms with Crippen LogP contribution in [0.3, 0.4) is 0 Å². The number of allylic oxidation sites excluding steroid dienone is 2. The molecule has 0 aromatic rings. The molecule has 0 aromatic carbocycles. The molecular formula is C10H12F2O4. The highest BCUT2D eigenvalue weighted by Crippen LogP contribution is 2.32. The average molecular weight is 234 g/mol. The summed E-state index contributed by atoms with van der Waals surface area (Å²) in [6, 6.07) is 0. The molecule has 90 valence electrons. The van der Waals surface area contributed by atoms with Crippen LogP contribution in [0.15, 0.2) is 24.8 Å². The molecule has 0 aliphatic rings. The third-order valence-corrected chi connectivity index (χ3v) is 2.14. The van der Waals surface area contributed by atoms with E-state index in [2.05, 4.69) is 0 Å². The van der Waals surface area contributed by atoms with E-state index in [-0.39, 0.29) is 25.5 Å². The molecule has 0 bridgehead atoms. The SMILES string of the molecule is O=C(O)CC(CC=CF)(CC=CF)C(=O)O. The van der Waals surface area contributed by atoms with E-state index < -0.39 is 23.8 Å². The maximum Gasteiger partial charge on any atom is 0.310 e. The maximum absolute atomic E-state index is 11.8. The predicted molar refractivity (Wildman–Crippen MR) is 52.1 cm³/mol. The highest BCUT2D eigenvalue weighted by molar-refractivity contribution is 5.81. The number of carbonyl (C=O) groups is 2. The molecule has 0 saturated heterocycles. The molecule has 6 heteroatoms. The molecule has 0 spiro atoms. The van der Waals surface area contributed by atoms with Gasteiger partial charge in [0, 0.05) is 0 Å². The van der Waals surface area contributed by atoms with E-state index in [0.717, 1.165) is 12.2 Å². The smallest absolute Gasteiger partial charge is 0.310 e. The topological polar surface area (TPSA) is 74.6 Å². The lowest BCUT2D eigenvalue weighted by Crippen LogP contribution is -2.32. The fraction of sp³-hybridized carbons (Fsp3) is 0.400. The quantitative estimate of drug-likeness (QED) is 0.708. The summed E-state index contributed by atoms with van der Waals surface area (Å²) in [6.07, 6.45) is 0.769. The molecule has 0 unspecified atom stereocenters. The van der Waals surface area contributed by atoms with Crippen LogP contribution in [0.2, 0.25) is 0 Å². The van der Waals surface area contributed by atoms with Crippen molar-refractivity contribution >= 4 is 11.9 Å². The zero-order chi connectivity index (χ0) is 12.6. The second-order valence-electron chi connectivity index (χ2n) is 3.29. The molecule has 16 heavy (non-hydrogen) atoms. The highest BCUT2D eigenvalue weighted by atomic mass is 19.1. The van der Waals surface area contributed by atoms with Crippen LogP contribution >= 0.6 is 0 Å². The van der Waals surface area contributed by atoms with Gasteiger partial charge >= 0.3 is 11.9 Å². The Morgan fingerprint density at radius 3 is 1.75 bits per heavy atom. The largest absolute Gasteiger partial charge is 0.481 e. The van der Waals surface area contributed by atoms with Gasteiger partial charge in [0.05, 0.1) is 24.5 Å². The van der Waals surface area contributed by atoms with Gasteiger partial charge in [-0.2, -0.15) is 0 Å². The Balaban J connectivity index is 5.02. The van der Waals surface area contributed by atoms with Gasteiger partial charge in [-0.15, -0.1) is 0 Å². The Kier molecular flexibility index (Phi) is 5.99. The zero-order valence-electron chi connectivity index (χ0n) is 8.40. The second kappa shape index (κ2) is 6.71. The molecule has 0 aliphatic carbocycles. The lowest BCUT2D eigenvalue weighted by atomic mass is 9.78. The van der Waals surface area contributed by atoms with Gasteiger partial charge in [0.15, 0.2) is 0 Å². The Hall–Kier alpha value is -1.72. The van der Waals surface area contributed by atoms with Crippen LogP contribution in [0.1, 0.15) is 19.3 Å². The summed E-state index contributed by atoms with van der Waals surface area (Å²) in [5.41, 5.74) is -1.71. The number of hydrogen-bond donors (Lipinski definition) is 2. The first-order chi connectivity index (χ1) is 7.48. The van der Waals surface area contributed by atoms with Crippen molar-refractivity contribution < 1.29 is 28.6 Å². The summed E-state index contributed by atoms with van der Waals surface area (Å²) in [4.78, 5) is 21.5. The fourth-order valence-electron chi connectivity index (χ4n) is 1.31. The van der Waals surface area contributed by atoms with E-state index >= 15 is 0 Å². The molecule has 0 fully saturated rings. The van der Waals surface area contributed by atoms with Crippen LogP contribution < -0.4 is 0 Å². The minimum Gasteiger partial charge on any atom is -0.481 e. The average Bonchev–Trinajstić information content (AvgIpc) is 2.21. The van der Waals surface area contributed by atoms with Crippen LogP contribution in [-0.2, 0) is 9.59 Å². The van der Waals surface area contributed by atoms with Crippen LogP contribution in [-0.4, -0.2) is 22.2 Å². The maximum atomic E-state index is 11.8. The first-order valence-electron chi connectivity index (χ1n) is 4.44. The minimum atomic E-state index is -1.71. The molecule has 0 atom stereocenters. The molecule has 0 aliphatic heterocycles. The van der Waals surface area contributed by atoms with Crippen molar-refractivity contribution in [1.82, 2.24) is 0 Å². The molecule has 0 heterocycles. The molecule has 0 aromatic heterocycles. The Labute approximate surface area is 90.9 Å². The lowest BCUT2D eigenvalue weighted by molar-refractivity contribution is -0.155. The Morgan fingerprint density at radius 2 is 1.50 bits per heavy atom. The number of halogens is 2. The summed E-state index contributed by atoms with van der Waals surface area (Å²) < 4.78 is 23.7. The van der Waals surface area contributed by atoms with Gasteiger partial charge in [-0.25, -0.2) is 8.78 Å². The van der Waals surface area contributed by atoms with Crippen molar-refractivity contribution in [2.75, 3.05) is 0 Å². The van der Waals surface area contributed by atoms with Gasteiger partial charge in [0.2, 0.25) is 0 Å². The van der Waals surface area contributed by atoms with Gasteiger partial charge < -0.3 is 10.2 Å². The summed E-state index contributed by atoms with van der Waals surface area (Å²) in [6.45, 7) is 0. The van der Waals surface area contributed by atoms with Crippen molar-refractivity contribution in [2.45, 2.75) is 19.3 Å². The van der Waals surface area contributed by atoms with E-state index in [1.54, 1.807) is 0 Å². The lowest BCUT2D eigenvalue weighted by Gasteiger charge is -2.24. The van der Waals surface area contributed by atoms with Crippen molar-refractivity contribution in [3.8, 4) is 0 Å². The molecule has 0 rings (SSSR count). The zero-order valence-corrected chi connectivity index (χ0v) is 8.40. The van der Waals surface area contributed by atoms with Crippen molar-refractivity contribution in [2.24, 2.45) is 5.41 Å². The number of carboxylic acid groups (broad SMARTS) is 2. The first kappa shape index (κ1) is 14.3. The van der Waals surface area contributed by atoms with E-state index in [9.17, 15) is 18.4 Å². The van der Waals surface area contributed by atoms with Crippen molar-refractivity contribution in [3.63, 3.8) is 0 Å². The van der Waals surface area contributed by atoms with E-state index in [1.165, 1.54) is 0 Å². The second-order valence-corrected chi connectivity index (χ2v) is 3.29. The van der Waals surface area contributed by atoms with Gasteiger partial charge in [0.25, 0.3) is 0 Å². The molecule has 0 radical (unpaired) electrons. The molecular weight excluding hydrogens is 222 g/mol. The van der Waals surface area contributed by atoms with Crippen molar-refractivity contribution in [3.05, 3.63) is 24.8 Å². The third-order valence-electron chi connectivity index (χ3n) is 2.14.